The molecule has 0 spiro atoms. The molecule has 0 aliphatic carbocycles. The summed E-state index contributed by atoms with van der Waals surface area (Å²) in [7, 11) is 0. The molecule has 1 aliphatic rings. The average Bonchev–Trinajstić information content (AvgIpc) is 2.80. The molecule has 1 aromatic carbocycles. The van der Waals surface area contributed by atoms with E-state index in [-0.39, 0.29) is 5.82 Å². The molecule has 1 saturated heterocycles. The molecule has 1 fully saturated rings. The lowest BCUT2D eigenvalue weighted by atomic mass is 9.89. The molecule has 0 amide bonds. The largest absolute Gasteiger partial charge is 0.464 e. The molecular formula is C13H14FNO. The van der Waals surface area contributed by atoms with Crippen molar-refractivity contribution >= 4 is 11.0 Å². The summed E-state index contributed by atoms with van der Waals surface area (Å²) in [5.41, 5.74) is 1.48. The van der Waals surface area contributed by atoms with Crippen molar-refractivity contribution in [1.82, 2.24) is 5.32 Å². The second-order valence-corrected chi connectivity index (χ2v) is 4.33. The van der Waals surface area contributed by atoms with Crippen LogP contribution < -0.4 is 5.32 Å². The van der Waals surface area contributed by atoms with Gasteiger partial charge in [-0.1, -0.05) is 6.07 Å². The number of hydrogen-bond acceptors (Lipinski definition) is 2. The average molecular weight is 219 g/mol. The number of halogens is 1. The standard InChI is InChI=1S/C13H14FNO/c14-13-10(9-3-6-15-7-4-9)1-2-12-11(13)5-8-16-12/h1-2,5,8-9,15H,3-4,6-7H2. The van der Waals surface area contributed by atoms with E-state index in [1.807, 2.05) is 12.1 Å². The normalized spacial score (nSPS) is 18.1. The fourth-order valence-corrected chi connectivity index (χ4v) is 2.47. The Morgan fingerprint density at radius 2 is 2.00 bits per heavy atom. The van der Waals surface area contributed by atoms with Gasteiger partial charge in [-0.3, -0.25) is 0 Å². The first kappa shape index (κ1) is 9.85. The van der Waals surface area contributed by atoms with Crippen LogP contribution in [0.3, 0.4) is 0 Å². The van der Waals surface area contributed by atoms with Crippen LogP contribution in [0.25, 0.3) is 11.0 Å². The summed E-state index contributed by atoms with van der Waals surface area (Å²) in [5, 5.41) is 3.90. The lowest BCUT2D eigenvalue weighted by Crippen LogP contribution is -2.27. The molecule has 0 atom stereocenters. The van der Waals surface area contributed by atoms with E-state index in [2.05, 4.69) is 5.32 Å². The molecule has 84 valence electrons. The molecule has 0 saturated carbocycles. The summed E-state index contributed by atoms with van der Waals surface area (Å²) < 4.78 is 19.4. The molecule has 0 radical (unpaired) electrons. The first-order valence-electron chi connectivity index (χ1n) is 5.72. The van der Waals surface area contributed by atoms with Crippen LogP contribution in [0.4, 0.5) is 4.39 Å². The second kappa shape index (κ2) is 3.91. The van der Waals surface area contributed by atoms with Crippen molar-refractivity contribution in [3.8, 4) is 0 Å². The smallest absolute Gasteiger partial charge is 0.137 e. The van der Waals surface area contributed by atoms with Gasteiger partial charge in [-0.05, 0) is 49.5 Å². The van der Waals surface area contributed by atoms with Crippen LogP contribution in [0.1, 0.15) is 24.3 Å². The Morgan fingerprint density at radius 1 is 1.19 bits per heavy atom. The Kier molecular flexibility index (Phi) is 2.40. The maximum atomic E-state index is 14.2. The number of furan rings is 1. The van der Waals surface area contributed by atoms with Gasteiger partial charge in [-0.2, -0.15) is 0 Å². The number of hydrogen-bond donors (Lipinski definition) is 1. The van der Waals surface area contributed by atoms with Crippen LogP contribution >= 0.6 is 0 Å². The van der Waals surface area contributed by atoms with E-state index in [9.17, 15) is 4.39 Å². The van der Waals surface area contributed by atoms with Gasteiger partial charge in [0, 0.05) is 0 Å². The van der Waals surface area contributed by atoms with Crippen molar-refractivity contribution in [1.29, 1.82) is 0 Å². The van der Waals surface area contributed by atoms with E-state index >= 15 is 0 Å². The summed E-state index contributed by atoms with van der Waals surface area (Å²) in [6, 6.07) is 5.45. The first-order valence-corrected chi connectivity index (χ1v) is 5.72. The topological polar surface area (TPSA) is 25.2 Å². The van der Waals surface area contributed by atoms with Gasteiger partial charge in [0.05, 0.1) is 11.6 Å². The highest BCUT2D eigenvalue weighted by molar-refractivity contribution is 5.78. The monoisotopic (exact) mass is 219 g/mol. The van der Waals surface area contributed by atoms with Gasteiger partial charge in [0.25, 0.3) is 0 Å². The third-order valence-corrected chi connectivity index (χ3v) is 3.38. The van der Waals surface area contributed by atoms with Gasteiger partial charge >= 0.3 is 0 Å². The number of rotatable bonds is 1. The summed E-state index contributed by atoms with van der Waals surface area (Å²) in [6.07, 6.45) is 3.57. The van der Waals surface area contributed by atoms with E-state index in [0.29, 0.717) is 16.9 Å². The van der Waals surface area contributed by atoms with Crippen LogP contribution in [0.15, 0.2) is 28.9 Å². The fourth-order valence-electron chi connectivity index (χ4n) is 2.47. The van der Waals surface area contributed by atoms with Crippen molar-refractivity contribution in [3.05, 3.63) is 35.8 Å². The third-order valence-electron chi connectivity index (χ3n) is 3.38. The summed E-state index contributed by atoms with van der Waals surface area (Å²) in [5.74, 6) is 0.249. The zero-order chi connectivity index (χ0) is 11.0. The number of piperidine rings is 1. The molecule has 2 nitrogen and oxygen atoms in total. The van der Waals surface area contributed by atoms with Crippen LogP contribution in [-0.2, 0) is 0 Å². The highest BCUT2D eigenvalue weighted by atomic mass is 19.1. The van der Waals surface area contributed by atoms with Gasteiger partial charge in [0.2, 0.25) is 0 Å². The minimum Gasteiger partial charge on any atom is -0.464 e. The Balaban J connectivity index is 2.05. The number of benzene rings is 1. The van der Waals surface area contributed by atoms with Crippen molar-refractivity contribution in [2.75, 3.05) is 13.1 Å². The van der Waals surface area contributed by atoms with E-state index < -0.39 is 0 Å². The molecular weight excluding hydrogens is 205 g/mol. The quantitative estimate of drug-likeness (QED) is 0.797. The molecule has 0 bridgehead atoms. The molecule has 3 rings (SSSR count). The van der Waals surface area contributed by atoms with Crippen LogP contribution in [-0.4, -0.2) is 13.1 Å². The highest BCUT2D eigenvalue weighted by Crippen LogP contribution is 2.31. The molecule has 2 aromatic rings. The summed E-state index contributed by atoms with van der Waals surface area (Å²) >= 11 is 0. The number of nitrogens with one attached hydrogen (secondary N) is 1. The second-order valence-electron chi connectivity index (χ2n) is 4.33. The molecule has 0 unspecified atom stereocenters. The predicted molar refractivity (Wildman–Crippen MR) is 61.0 cm³/mol. The Morgan fingerprint density at radius 3 is 2.81 bits per heavy atom. The van der Waals surface area contributed by atoms with Gasteiger partial charge < -0.3 is 9.73 Å². The SMILES string of the molecule is Fc1c(C2CCNCC2)ccc2occc12. The maximum absolute atomic E-state index is 14.2. The Labute approximate surface area is 93.4 Å². The van der Waals surface area contributed by atoms with E-state index in [0.717, 1.165) is 31.5 Å². The van der Waals surface area contributed by atoms with Crippen molar-refractivity contribution in [3.63, 3.8) is 0 Å². The van der Waals surface area contributed by atoms with Gasteiger partial charge in [-0.15, -0.1) is 0 Å². The molecule has 16 heavy (non-hydrogen) atoms. The fraction of sp³-hybridized carbons (Fsp3) is 0.385. The predicted octanol–water partition coefficient (Wildman–Crippen LogP) is 3.04. The summed E-state index contributed by atoms with van der Waals surface area (Å²) in [6.45, 7) is 1.96. The Hall–Kier alpha value is -1.35. The zero-order valence-corrected chi connectivity index (χ0v) is 9.00. The molecule has 3 heteroatoms. The van der Waals surface area contributed by atoms with E-state index in [1.54, 1.807) is 12.3 Å². The maximum Gasteiger partial charge on any atom is 0.137 e. The summed E-state index contributed by atoms with van der Waals surface area (Å²) in [4.78, 5) is 0. The van der Waals surface area contributed by atoms with Crippen LogP contribution in [0.5, 0.6) is 0 Å². The minimum atomic E-state index is -0.0989. The van der Waals surface area contributed by atoms with Gasteiger partial charge in [0.15, 0.2) is 0 Å². The molecule has 1 aliphatic heterocycles. The Bertz CT molecular complexity index is 500. The van der Waals surface area contributed by atoms with E-state index in [4.69, 9.17) is 4.42 Å². The lowest BCUT2D eigenvalue weighted by molar-refractivity contribution is 0.446. The lowest BCUT2D eigenvalue weighted by Gasteiger charge is -2.23. The van der Waals surface area contributed by atoms with Crippen molar-refractivity contribution in [2.45, 2.75) is 18.8 Å². The van der Waals surface area contributed by atoms with Crippen molar-refractivity contribution in [2.24, 2.45) is 0 Å². The third kappa shape index (κ3) is 1.52. The van der Waals surface area contributed by atoms with E-state index in [1.165, 1.54) is 0 Å². The van der Waals surface area contributed by atoms with Crippen LogP contribution in [0, 0.1) is 5.82 Å². The van der Waals surface area contributed by atoms with Gasteiger partial charge in [0.1, 0.15) is 11.4 Å². The van der Waals surface area contributed by atoms with Gasteiger partial charge in [-0.25, -0.2) is 4.39 Å². The molecule has 2 heterocycles. The van der Waals surface area contributed by atoms with Crippen LogP contribution in [0.2, 0.25) is 0 Å². The zero-order valence-electron chi connectivity index (χ0n) is 9.00. The minimum absolute atomic E-state index is 0.0989. The molecule has 1 aromatic heterocycles. The highest BCUT2D eigenvalue weighted by Gasteiger charge is 2.20. The molecule has 1 N–H and O–H groups in total. The number of fused-ring (bicyclic) bond motifs is 1. The van der Waals surface area contributed by atoms with Crippen molar-refractivity contribution < 1.29 is 8.81 Å². The first-order chi connectivity index (χ1) is 7.86.